The molecule has 0 spiro atoms. The van der Waals surface area contributed by atoms with Gasteiger partial charge in [-0.25, -0.2) is 0 Å². The molecule has 0 aromatic carbocycles. The lowest BCUT2D eigenvalue weighted by Gasteiger charge is -2.26. The normalized spacial score (nSPS) is 17.3. The molecule has 146 valence electrons. The van der Waals surface area contributed by atoms with Gasteiger partial charge in [-0.1, -0.05) is 6.07 Å². The summed E-state index contributed by atoms with van der Waals surface area (Å²) >= 11 is 0. The van der Waals surface area contributed by atoms with Crippen LogP contribution in [0.5, 0.6) is 0 Å². The Morgan fingerprint density at radius 3 is 2.82 bits per heavy atom. The molecule has 28 heavy (non-hydrogen) atoms. The first kappa shape index (κ1) is 19.6. The molecule has 1 N–H and O–H groups in total. The van der Waals surface area contributed by atoms with Gasteiger partial charge in [0.05, 0.1) is 17.9 Å². The van der Waals surface area contributed by atoms with Gasteiger partial charge in [0.1, 0.15) is 5.76 Å². The molecule has 7 nitrogen and oxygen atoms in total. The number of ketones is 1. The molecular weight excluding hydrogens is 358 g/mol. The summed E-state index contributed by atoms with van der Waals surface area (Å²) in [6.45, 7) is 1.20. The summed E-state index contributed by atoms with van der Waals surface area (Å²) in [5, 5.41) is 10.5. The Bertz CT molecular complexity index is 886. The summed E-state index contributed by atoms with van der Waals surface area (Å²) in [5.74, 6) is -0.972. The Labute approximate surface area is 163 Å². The number of hydrogen-bond donors (Lipinski definition) is 1. The van der Waals surface area contributed by atoms with Gasteiger partial charge in [0.2, 0.25) is 0 Å². The summed E-state index contributed by atoms with van der Waals surface area (Å²) in [4.78, 5) is 33.2. The van der Waals surface area contributed by atoms with Gasteiger partial charge in [0, 0.05) is 18.9 Å². The van der Waals surface area contributed by atoms with E-state index in [1.54, 1.807) is 36.7 Å². The van der Waals surface area contributed by atoms with Crippen LogP contribution in [-0.4, -0.2) is 58.8 Å². The number of furan rings is 1. The molecule has 1 aliphatic heterocycles. The summed E-state index contributed by atoms with van der Waals surface area (Å²) in [5.41, 5.74) is 0.741. The lowest BCUT2D eigenvalue weighted by molar-refractivity contribution is -0.129. The fourth-order valence-electron chi connectivity index (χ4n) is 3.21. The highest BCUT2D eigenvalue weighted by atomic mass is 16.3. The van der Waals surface area contributed by atoms with E-state index < -0.39 is 23.5 Å². The van der Waals surface area contributed by atoms with Crippen molar-refractivity contribution in [1.29, 1.82) is 0 Å². The van der Waals surface area contributed by atoms with E-state index in [0.717, 1.165) is 6.54 Å². The molecule has 1 aliphatic rings. The predicted octanol–water partition coefficient (Wildman–Crippen LogP) is 2.60. The van der Waals surface area contributed by atoms with Crippen LogP contribution in [0.15, 0.2) is 64.7 Å². The zero-order valence-electron chi connectivity index (χ0n) is 15.9. The Morgan fingerprint density at radius 2 is 2.18 bits per heavy atom. The number of aliphatic hydroxyl groups excluding tert-OH is 1. The van der Waals surface area contributed by atoms with Crippen LogP contribution in [0.1, 0.15) is 23.8 Å². The number of hydrogen-bond acceptors (Lipinski definition) is 6. The first-order valence-corrected chi connectivity index (χ1v) is 9.03. The van der Waals surface area contributed by atoms with Crippen molar-refractivity contribution in [3.8, 4) is 0 Å². The number of aliphatic hydroxyl groups is 1. The number of carbonyl (C=O) groups is 2. The van der Waals surface area contributed by atoms with Crippen LogP contribution in [0.3, 0.4) is 0 Å². The highest BCUT2D eigenvalue weighted by molar-refractivity contribution is 6.14. The minimum atomic E-state index is -0.669. The van der Waals surface area contributed by atoms with E-state index in [2.05, 4.69) is 4.98 Å². The third-order valence-electron chi connectivity index (χ3n) is 4.52. The zero-order valence-corrected chi connectivity index (χ0v) is 15.9. The molecule has 0 fully saturated rings. The lowest BCUT2D eigenvalue weighted by atomic mass is 9.97. The maximum absolute atomic E-state index is 12.9. The summed E-state index contributed by atoms with van der Waals surface area (Å²) < 4.78 is 5.19. The predicted molar refractivity (Wildman–Crippen MR) is 104 cm³/mol. The number of aromatic nitrogens is 1. The number of allylic oxidation sites excluding steroid dienone is 1. The first-order chi connectivity index (χ1) is 13.5. The van der Waals surface area contributed by atoms with Crippen LogP contribution in [0.2, 0.25) is 0 Å². The van der Waals surface area contributed by atoms with Crippen molar-refractivity contribution >= 4 is 17.8 Å². The van der Waals surface area contributed by atoms with Crippen molar-refractivity contribution in [2.45, 2.75) is 12.5 Å². The summed E-state index contributed by atoms with van der Waals surface area (Å²) in [7, 11) is 3.91. The Kier molecular flexibility index (Phi) is 6.06. The minimum absolute atomic E-state index is 0.0608. The molecule has 0 aliphatic carbocycles. The molecule has 7 heteroatoms. The standard InChI is InChI=1S/C21H23N3O4/c1-23(2)11-5-12-24-19(15-6-3-10-22-14-15)18(20(26)21(24)27)17(25)9-8-16-7-4-13-28-16/h3-4,6-10,13-14,19,26H,5,11-12H2,1-2H3/b9-8+. The zero-order chi connectivity index (χ0) is 20.1. The number of carbonyl (C=O) groups excluding carboxylic acids is 2. The van der Waals surface area contributed by atoms with Crippen LogP contribution in [-0.2, 0) is 9.59 Å². The third-order valence-corrected chi connectivity index (χ3v) is 4.52. The van der Waals surface area contributed by atoms with Gasteiger partial charge in [0.15, 0.2) is 11.5 Å². The second-order valence-electron chi connectivity index (χ2n) is 6.82. The van der Waals surface area contributed by atoms with E-state index in [1.165, 1.54) is 23.3 Å². The number of nitrogens with zero attached hydrogens (tertiary/aromatic N) is 3. The quantitative estimate of drug-likeness (QED) is 0.708. The topological polar surface area (TPSA) is 86.9 Å². The molecule has 0 saturated carbocycles. The lowest BCUT2D eigenvalue weighted by Crippen LogP contribution is -2.33. The van der Waals surface area contributed by atoms with Crippen LogP contribution in [0, 0.1) is 0 Å². The van der Waals surface area contributed by atoms with E-state index in [9.17, 15) is 14.7 Å². The fraction of sp³-hybridized carbons (Fsp3) is 0.286. The summed E-state index contributed by atoms with van der Waals surface area (Å²) in [6, 6.07) is 6.30. The van der Waals surface area contributed by atoms with Gasteiger partial charge in [-0.05, 0) is 63.0 Å². The highest BCUT2D eigenvalue weighted by Gasteiger charge is 2.42. The van der Waals surface area contributed by atoms with E-state index in [0.29, 0.717) is 24.3 Å². The van der Waals surface area contributed by atoms with Crippen LogP contribution in [0.4, 0.5) is 0 Å². The van der Waals surface area contributed by atoms with Gasteiger partial charge in [-0.15, -0.1) is 0 Å². The smallest absolute Gasteiger partial charge is 0.290 e. The molecule has 0 bridgehead atoms. The second kappa shape index (κ2) is 8.67. The highest BCUT2D eigenvalue weighted by Crippen LogP contribution is 2.37. The SMILES string of the molecule is CN(C)CCCN1C(=O)C(O)=C(C(=O)/C=C/c2ccco2)C1c1cccnc1. The van der Waals surface area contributed by atoms with Gasteiger partial charge < -0.3 is 19.3 Å². The van der Waals surface area contributed by atoms with Crippen LogP contribution >= 0.6 is 0 Å². The Morgan fingerprint density at radius 1 is 1.36 bits per heavy atom. The van der Waals surface area contributed by atoms with Gasteiger partial charge in [-0.2, -0.15) is 0 Å². The molecule has 1 unspecified atom stereocenters. The van der Waals surface area contributed by atoms with E-state index in [1.807, 2.05) is 19.0 Å². The van der Waals surface area contributed by atoms with Crippen LogP contribution in [0.25, 0.3) is 6.08 Å². The molecule has 0 radical (unpaired) electrons. The average Bonchev–Trinajstić information content (AvgIpc) is 3.29. The van der Waals surface area contributed by atoms with Crippen molar-refractivity contribution in [2.75, 3.05) is 27.2 Å². The van der Waals surface area contributed by atoms with Crippen molar-refractivity contribution in [3.63, 3.8) is 0 Å². The number of rotatable bonds is 8. The minimum Gasteiger partial charge on any atom is -0.503 e. The Hall–Kier alpha value is -3.19. The molecule has 1 amide bonds. The molecular formula is C21H23N3O4. The number of pyridine rings is 1. The van der Waals surface area contributed by atoms with Gasteiger partial charge in [-0.3, -0.25) is 14.6 Å². The van der Waals surface area contributed by atoms with Crippen LogP contribution < -0.4 is 0 Å². The largest absolute Gasteiger partial charge is 0.503 e. The first-order valence-electron chi connectivity index (χ1n) is 9.03. The molecule has 3 rings (SSSR count). The van der Waals surface area contributed by atoms with E-state index in [4.69, 9.17) is 4.42 Å². The van der Waals surface area contributed by atoms with Gasteiger partial charge in [0.25, 0.3) is 5.91 Å². The van der Waals surface area contributed by atoms with Crippen molar-refractivity contribution in [2.24, 2.45) is 0 Å². The molecule has 3 heterocycles. The molecule has 2 aromatic heterocycles. The maximum atomic E-state index is 12.9. The summed E-state index contributed by atoms with van der Waals surface area (Å²) in [6.07, 6.45) is 8.28. The van der Waals surface area contributed by atoms with Crippen molar-refractivity contribution in [1.82, 2.24) is 14.8 Å². The number of amides is 1. The monoisotopic (exact) mass is 381 g/mol. The van der Waals surface area contributed by atoms with Gasteiger partial charge >= 0.3 is 0 Å². The van der Waals surface area contributed by atoms with Crippen molar-refractivity contribution in [3.05, 3.63) is 71.7 Å². The third kappa shape index (κ3) is 4.20. The maximum Gasteiger partial charge on any atom is 0.290 e. The fourth-order valence-corrected chi connectivity index (χ4v) is 3.21. The molecule has 2 aromatic rings. The van der Waals surface area contributed by atoms with E-state index in [-0.39, 0.29) is 5.57 Å². The second-order valence-corrected chi connectivity index (χ2v) is 6.82. The molecule has 0 saturated heterocycles. The van der Waals surface area contributed by atoms with E-state index >= 15 is 0 Å². The molecule has 1 atom stereocenters. The average molecular weight is 381 g/mol. The van der Waals surface area contributed by atoms with Crippen molar-refractivity contribution < 1.29 is 19.1 Å². The Balaban J connectivity index is 1.91.